The molecule has 0 aliphatic carbocycles. The van der Waals surface area contributed by atoms with Crippen molar-refractivity contribution in [2.24, 2.45) is 0 Å². The molecule has 19 heavy (non-hydrogen) atoms. The fraction of sp³-hybridized carbons (Fsp3) is 0.400. The van der Waals surface area contributed by atoms with Crippen LogP contribution in [-0.2, 0) is 0 Å². The molecule has 1 aliphatic rings. The Hall–Kier alpha value is -0.970. The number of piperidine rings is 1. The zero-order valence-electron chi connectivity index (χ0n) is 10.7. The van der Waals surface area contributed by atoms with Gasteiger partial charge >= 0.3 is 0 Å². The summed E-state index contributed by atoms with van der Waals surface area (Å²) in [5.74, 6) is 0. The van der Waals surface area contributed by atoms with E-state index in [0.29, 0.717) is 0 Å². The molecule has 0 bridgehead atoms. The summed E-state index contributed by atoms with van der Waals surface area (Å²) in [4.78, 5) is 4.30. The van der Waals surface area contributed by atoms with Crippen LogP contribution in [0.1, 0.15) is 30.9 Å². The number of fused-ring (bicyclic) bond motifs is 1. The smallest absolute Gasteiger partial charge is 0.0943 e. The number of benzene rings is 1. The number of pyridine rings is 1. The van der Waals surface area contributed by atoms with Crippen LogP contribution >= 0.6 is 17.0 Å². The summed E-state index contributed by atoms with van der Waals surface area (Å²) in [7, 11) is 0. The number of aliphatic hydroxyl groups excluding tert-OH is 1. The van der Waals surface area contributed by atoms with Crippen LogP contribution in [0.25, 0.3) is 10.9 Å². The van der Waals surface area contributed by atoms with Gasteiger partial charge in [-0.25, -0.2) is 0 Å². The van der Waals surface area contributed by atoms with Gasteiger partial charge in [-0.3, -0.25) is 4.98 Å². The maximum Gasteiger partial charge on any atom is 0.0943 e. The van der Waals surface area contributed by atoms with Gasteiger partial charge in [0.05, 0.1) is 11.6 Å². The van der Waals surface area contributed by atoms with Gasteiger partial charge in [-0.05, 0) is 43.1 Å². The first-order chi connectivity index (χ1) is 8.84. The highest BCUT2D eigenvalue weighted by atomic mass is 79.9. The third-order valence-electron chi connectivity index (χ3n) is 3.70. The summed E-state index contributed by atoms with van der Waals surface area (Å²) >= 11 is 0. The van der Waals surface area contributed by atoms with Gasteiger partial charge in [0.25, 0.3) is 0 Å². The highest BCUT2D eigenvalue weighted by Gasteiger charge is 2.22. The van der Waals surface area contributed by atoms with Crippen molar-refractivity contribution >= 4 is 27.9 Å². The maximum absolute atomic E-state index is 10.4. The van der Waals surface area contributed by atoms with Crippen molar-refractivity contribution in [2.75, 3.05) is 6.54 Å². The number of hydrogen-bond donors (Lipinski definition) is 2. The molecule has 1 aromatic heterocycles. The molecule has 3 rings (SSSR count). The molecule has 1 fully saturated rings. The van der Waals surface area contributed by atoms with Crippen molar-refractivity contribution in [3.63, 3.8) is 0 Å². The third-order valence-corrected chi connectivity index (χ3v) is 3.70. The molecular weight excluding hydrogens is 304 g/mol. The zero-order valence-corrected chi connectivity index (χ0v) is 12.5. The second-order valence-electron chi connectivity index (χ2n) is 4.96. The standard InChI is InChI=1S/C15H18N2O.BrH/c18-15(14-5-1-2-8-17-14)12-6-7-13-11(10-12)4-3-9-16-13;/h3-4,6-7,9-10,14-15,17-18H,1-2,5,8H2;1H. The second-order valence-corrected chi connectivity index (χ2v) is 4.96. The van der Waals surface area contributed by atoms with Gasteiger partial charge in [-0.1, -0.05) is 18.6 Å². The monoisotopic (exact) mass is 322 g/mol. The van der Waals surface area contributed by atoms with E-state index in [0.717, 1.165) is 29.4 Å². The first kappa shape index (κ1) is 14.4. The van der Waals surface area contributed by atoms with E-state index < -0.39 is 6.10 Å². The van der Waals surface area contributed by atoms with Gasteiger partial charge in [-0.15, -0.1) is 17.0 Å². The molecule has 0 amide bonds. The molecule has 1 aromatic carbocycles. The molecular formula is C15H19BrN2O. The second kappa shape index (κ2) is 6.46. The lowest BCUT2D eigenvalue weighted by atomic mass is 9.94. The first-order valence-corrected chi connectivity index (χ1v) is 6.61. The van der Waals surface area contributed by atoms with Crippen LogP contribution in [0.15, 0.2) is 36.5 Å². The van der Waals surface area contributed by atoms with Gasteiger partial charge in [0.15, 0.2) is 0 Å². The molecule has 2 aromatic rings. The number of aromatic nitrogens is 1. The maximum atomic E-state index is 10.4. The van der Waals surface area contributed by atoms with Crippen molar-refractivity contribution in [3.05, 3.63) is 42.1 Å². The average Bonchev–Trinajstić information content (AvgIpc) is 2.47. The van der Waals surface area contributed by atoms with E-state index in [9.17, 15) is 5.11 Å². The summed E-state index contributed by atoms with van der Waals surface area (Å²) in [5, 5.41) is 14.9. The Balaban J connectivity index is 0.00000133. The highest BCUT2D eigenvalue weighted by molar-refractivity contribution is 8.93. The van der Waals surface area contributed by atoms with E-state index >= 15 is 0 Å². The van der Waals surface area contributed by atoms with E-state index in [1.165, 1.54) is 12.8 Å². The van der Waals surface area contributed by atoms with E-state index in [1.807, 2.05) is 30.3 Å². The van der Waals surface area contributed by atoms with Gasteiger partial charge in [0.2, 0.25) is 0 Å². The Bertz CT molecular complexity index is 540. The molecule has 1 aliphatic heterocycles. The molecule has 0 spiro atoms. The van der Waals surface area contributed by atoms with E-state index in [1.54, 1.807) is 6.20 Å². The number of rotatable bonds is 2. The average molecular weight is 323 g/mol. The van der Waals surface area contributed by atoms with Crippen molar-refractivity contribution in [2.45, 2.75) is 31.4 Å². The number of nitrogens with one attached hydrogen (secondary N) is 1. The van der Waals surface area contributed by atoms with Crippen LogP contribution in [0.4, 0.5) is 0 Å². The van der Waals surface area contributed by atoms with Crippen molar-refractivity contribution in [1.82, 2.24) is 10.3 Å². The minimum Gasteiger partial charge on any atom is -0.387 e. The van der Waals surface area contributed by atoms with Crippen molar-refractivity contribution in [3.8, 4) is 0 Å². The van der Waals surface area contributed by atoms with Crippen LogP contribution in [0.2, 0.25) is 0 Å². The molecule has 2 atom stereocenters. The molecule has 4 heteroatoms. The fourth-order valence-electron chi connectivity index (χ4n) is 2.66. The Kier molecular flexibility index (Phi) is 4.91. The molecule has 3 nitrogen and oxygen atoms in total. The van der Waals surface area contributed by atoms with Crippen molar-refractivity contribution < 1.29 is 5.11 Å². The van der Waals surface area contributed by atoms with Crippen LogP contribution in [-0.4, -0.2) is 22.7 Å². The summed E-state index contributed by atoms with van der Waals surface area (Å²) in [6.07, 6.45) is 4.83. The molecule has 1 saturated heterocycles. The summed E-state index contributed by atoms with van der Waals surface area (Å²) < 4.78 is 0. The summed E-state index contributed by atoms with van der Waals surface area (Å²) in [6.45, 7) is 1.01. The molecule has 0 saturated carbocycles. The third kappa shape index (κ3) is 3.14. The lowest BCUT2D eigenvalue weighted by Gasteiger charge is -2.28. The number of aliphatic hydroxyl groups is 1. The van der Waals surface area contributed by atoms with Gasteiger partial charge < -0.3 is 10.4 Å². The highest BCUT2D eigenvalue weighted by Crippen LogP contribution is 2.25. The lowest BCUT2D eigenvalue weighted by Crippen LogP contribution is -2.38. The Morgan fingerprint density at radius 2 is 2.16 bits per heavy atom. The molecule has 2 heterocycles. The van der Waals surface area contributed by atoms with Crippen LogP contribution in [0.3, 0.4) is 0 Å². The summed E-state index contributed by atoms with van der Waals surface area (Å²) in [6, 6.07) is 10.2. The number of halogens is 1. The van der Waals surface area contributed by atoms with E-state index in [4.69, 9.17) is 0 Å². The molecule has 0 radical (unpaired) electrons. The molecule has 2 N–H and O–H groups in total. The van der Waals surface area contributed by atoms with E-state index in [-0.39, 0.29) is 23.0 Å². The minimum absolute atomic E-state index is 0. The van der Waals surface area contributed by atoms with E-state index in [2.05, 4.69) is 10.3 Å². The van der Waals surface area contributed by atoms with Gasteiger partial charge in [-0.2, -0.15) is 0 Å². The fourth-order valence-corrected chi connectivity index (χ4v) is 2.66. The van der Waals surface area contributed by atoms with Crippen LogP contribution in [0.5, 0.6) is 0 Å². The predicted molar refractivity (Wildman–Crippen MR) is 82.7 cm³/mol. The Morgan fingerprint density at radius 3 is 2.95 bits per heavy atom. The normalized spacial score (nSPS) is 20.8. The SMILES string of the molecule is Br.OC(c1ccc2ncccc2c1)C1CCCCN1. The summed E-state index contributed by atoms with van der Waals surface area (Å²) in [5.41, 5.74) is 1.96. The first-order valence-electron chi connectivity index (χ1n) is 6.61. The lowest BCUT2D eigenvalue weighted by molar-refractivity contribution is 0.114. The zero-order chi connectivity index (χ0) is 12.4. The predicted octanol–water partition coefficient (Wildman–Crippen LogP) is 2.99. The molecule has 2 unspecified atom stereocenters. The minimum atomic E-state index is -0.421. The largest absolute Gasteiger partial charge is 0.387 e. The van der Waals surface area contributed by atoms with Crippen LogP contribution in [0, 0.1) is 0 Å². The Labute approximate surface area is 123 Å². The number of nitrogens with zero attached hydrogens (tertiary/aromatic N) is 1. The molecule has 102 valence electrons. The van der Waals surface area contributed by atoms with Gasteiger partial charge in [0.1, 0.15) is 0 Å². The van der Waals surface area contributed by atoms with Crippen molar-refractivity contribution in [1.29, 1.82) is 0 Å². The quantitative estimate of drug-likeness (QED) is 0.893. The topological polar surface area (TPSA) is 45.2 Å². The Morgan fingerprint density at radius 1 is 1.26 bits per heavy atom. The van der Waals surface area contributed by atoms with Crippen LogP contribution < -0.4 is 5.32 Å². The van der Waals surface area contributed by atoms with Gasteiger partial charge in [0, 0.05) is 17.6 Å². The number of hydrogen-bond acceptors (Lipinski definition) is 3.